The van der Waals surface area contributed by atoms with Gasteiger partial charge in [-0.1, -0.05) is 19.1 Å². The summed E-state index contributed by atoms with van der Waals surface area (Å²) in [4.78, 5) is 14.5. The molecule has 1 aliphatic rings. The van der Waals surface area contributed by atoms with Crippen LogP contribution in [0.5, 0.6) is 5.75 Å². The molecule has 0 bridgehead atoms. The molecule has 1 atom stereocenters. The van der Waals surface area contributed by atoms with Crippen molar-refractivity contribution < 1.29 is 9.53 Å². The summed E-state index contributed by atoms with van der Waals surface area (Å²) in [5.74, 6) is 1.23. The Balaban J connectivity index is 1.81. The maximum atomic E-state index is 12.2. The number of methoxy groups -OCH3 is 1. The van der Waals surface area contributed by atoms with Crippen molar-refractivity contribution in [1.29, 1.82) is 0 Å². The van der Waals surface area contributed by atoms with Crippen LogP contribution in [-0.4, -0.2) is 44.1 Å². The summed E-state index contributed by atoms with van der Waals surface area (Å²) in [5, 5.41) is 3.17. The molecule has 21 heavy (non-hydrogen) atoms. The van der Waals surface area contributed by atoms with Crippen molar-refractivity contribution in [3.8, 4) is 5.75 Å². The SMILES string of the molecule is COc1ccc(C(C)CC(=O)NC2CCN(C)CC2)cc1. The number of hydrogen-bond donors (Lipinski definition) is 1. The molecule has 0 spiro atoms. The van der Waals surface area contributed by atoms with Gasteiger partial charge in [0.1, 0.15) is 5.75 Å². The Kier molecular flexibility index (Phi) is 5.62. The van der Waals surface area contributed by atoms with E-state index in [2.05, 4.69) is 24.2 Å². The largest absolute Gasteiger partial charge is 0.497 e. The van der Waals surface area contributed by atoms with E-state index in [4.69, 9.17) is 4.74 Å². The molecule has 1 amide bonds. The van der Waals surface area contributed by atoms with E-state index in [0.717, 1.165) is 31.7 Å². The lowest BCUT2D eigenvalue weighted by molar-refractivity contribution is -0.122. The third-order valence-electron chi connectivity index (χ3n) is 4.26. The van der Waals surface area contributed by atoms with Gasteiger partial charge in [-0.3, -0.25) is 4.79 Å². The van der Waals surface area contributed by atoms with Crippen LogP contribution in [0.3, 0.4) is 0 Å². The van der Waals surface area contributed by atoms with E-state index in [-0.39, 0.29) is 11.8 Å². The molecule has 1 unspecified atom stereocenters. The van der Waals surface area contributed by atoms with Crippen molar-refractivity contribution in [3.63, 3.8) is 0 Å². The molecule has 0 aliphatic carbocycles. The minimum atomic E-state index is 0.160. The van der Waals surface area contributed by atoms with Crippen molar-refractivity contribution in [3.05, 3.63) is 29.8 Å². The van der Waals surface area contributed by atoms with Crippen molar-refractivity contribution in [2.45, 2.75) is 38.1 Å². The average molecular weight is 290 g/mol. The van der Waals surface area contributed by atoms with Crippen molar-refractivity contribution >= 4 is 5.91 Å². The molecule has 0 aromatic heterocycles. The Labute approximate surface area is 127 Å². The Hall–Kier alpha value is -1.55. The molecule has 1 heterocycles. The first-order valence-electron chi connectivity index (χ1n) is 7.70. The summed E-state index contributed by atoms with van der Waals surface area (Å²) >= 11 is 0. The molecule has 1 saturated heterocycles. The second kappa shape index (κ2) is 7.46. The number of amides is 1. The normalized spacial score (nSPS) is 18.2. The smallest absolute Gasteiger partial charge is 0.220 e. The van der Waals surface area contributed by atoms with Crippen molar-refractivity contribution in [1.82, 2.24) is 10.2 Å². The van der Waals surface area contributed by atoms with Gasteiger partial charge in [0, 0.05) is 12.5 Å². The highest BCUT2D eigenvalue weighted by Crippen LogP contribution is 2.22. The molecule has 0 saturated carbocycles. The quantitative estimate of drug-likeness (QED) is 0.905. The van der Waals surface area contributed by atoms with Crippen LogP contribution in [0.15, 0.2) is 24.3 Å². The lowest BCUT2D eigenvalue weighted by Crippen LogP contribution is -2.43. The van der Waals surface area contributed by atoms with E-state index in [0.29, 0.717) is 12.5 Å². The van der Waals surface area contributed by atoms with Gasteiger partial charge in [-0.2, -0.15) is 0 Å². The number of carbonyl (C=O) groups is 1. The maximum absolute atomic E-state index is 12.2. The average Bonchev–Trinajstić information content (AvgIpc) is 2.49. The first-order chi connectivity index (χ1) is 10.1. The fourth-order valence-corrected chi connectivity index (χ4v) is 2.77. The standard InChI is InChI=1S/C17H26N2O2/c1-13(14-4-6-16(21-3)7-5-14)12-17(20)18-15-8-10-19(2)11-9-15/h4-7,13,15H,8-12H2,1-3H3,(H,18,20). The Morgan fingerprint density at radius 2 is 1.95 bits per heavy atom. The molecule has 1 fully saturated rings. The van der Waals surface area contributed by atoms with E-state index in [1.54, 1.807) is 7.11 Å². The van der Waals surface area contributed by atoms with Gasteiger partial charge < -0.3 is 15.0 Å². The van der Waals surface area contributed by atoms with Crippen LogP contribution in [0, 0.1) is 0 Å². The molecule has 2 rings (SSSR count). The topological polar surface area (TPSA) is 41.6 Å². The number of nitrogens with zero attached hydrogens (tertiary/aromatic N) is 1. The summed E-state index contributed by atoms with van der Waals surface area (Å²) < 4.78 is 5.16. The summed E-state index contributed by atoms with van der Waals surface area (Å²) in [7, 11) is 3.79. The van der Waals surface area contributed by atoms with E-state index in [1.165, 1.54) is 5.56 Å². The third-order valence-corrected chi connectivity index (χ3v) is 4.26. The predicted octanol–water partition coefficient (Wildman–Crippen LogP) is 2.40. The fraction of sp³-hybridized carbons (Fsp3) is 0.588. The van der Waals surface area contributed by atoms with Gasteiger partial charge in [0.15, 0.2) is 0 Å². The van der Waals surface area contributed by atoms with Crippen LogP contribution in [-0.2, 0) is 4.79 Å². The van der Waals surface area contributed by atoms with Crippen LogP contribution in [0.25, 0.3) is 0 Å². The van der Waals surface area contributed by atoms with E-state index in [9.17, 15) is 4.79 Å². The number of benzene rings is 1. The number of hydrogen-bond acceptors (Lipinski definition) is 3. The highest BCUT2D eigenvalue weighted by molar-refractivity contribution is 5.77. The molecule has 1 aromatic rings. The first kappa shape index (κ1) is 15.8. The second-order valence-electron chi connectivity index (χ2n) is 6.02. The Morgan fingerprint density at radius 1 is 1.33 bits per heavy atom. The summed E-state index contributed by atoms with van der Waals surface area (Å²) in [6.07, 6.45) is 2.65. The molecule has 116 valence electrons. The highest BCUT2D eigenvalue weighted by Gasteiger charge is 2.19. The zero-order valence-corrected chi connectivity index (χ0v) is 13.3. The van der Waals surface area contributed by atoms with E-state index < -0.39 is 0 Å². The van der Waals surface area contributed by atoms with Crippen LogP contribution < -0.4 is 10.1 Å². The molecule has 1 N–H and O–H groups in total. The third kappa shape index (κ3) is 4.74. The number of ether oxygens (including phenoxy) is 1. The van der Waals surface area contributed by atoms with Crippen LogP contribution in [0.1, 0.15) is 37.7 Å². The number of carbonyl (C=O) groups excluding carboxylic acids is 1. The van der Waals surface area contributed by atoms with Gasteiger partial charge in [0.25, 0.3) is 0 Å². The molecule has 1 aromatic carbocycles. The van der Waals surface area contributed by atoms with E-state index >= 15 is 0 Å². The predicted molar refractivity (Wildman–Crippen MR) is 84.7 cm³/mol. The lowest BCUT2D eigenvalue weighted by atomic mass is 9.96. The molecular formula is C17H26N2O2. The van der Waals surface area contributed by atoms with Gasteiger partial charge in [-0.15, -0.1) is 0 Å². The summed E-state index contributed by atoms with van der Waals surface area (Å²) in [6.45, 7) is 4.23. The van der Waals surface area contributed by atoms with Crippen LogP contribution in [0.2, 0.25) is 0 Å². The van der Waals surface area contributed by atoms with Gasteiger partial charge in [0.2, 0.25) is 5.91 Å². The number of rotatable bonds is 5. The zero-order valence-electron chi connectivity index (χ0n) is 13.3. The zero-order chi connectivity index (χ0) is 15.2. The molecule has 4 heteroatoms. The summed E-state index contributed by atoms with van der Waals surface area (Å²) in [5.41, 5.74) is 1.18. The number of nitrogens with one attached hydrogen (secondary N) is 1. The first-order valence-corrected chi connectivity index (χ1v) is 7.70. The molecule has 4 nitrogen and oxygen atoms in total. The minimum absolute atomic E-state index is 0.160. The second-order valence-corrected chi connectivity index (χ2v) is 6.02. The van der Waals surface area contributed by atoms with E-state index in [1.807, 2.05) is 24.3 Å². The lowest BCUT2D eigenvalue weighted by Gasteiger charge is -2.29. The molecule has 0 radical (unpaired) electrons. The van der Waals surface area contributed by atoms with Crippen molar-refractivity contribution in [2.75, 3.05) is 27.2 Å². The molecular weight excluding hydrogens is 264 g/mol. The maximum Gasteiger partial charge on any atom is 0.220 e. The van der Waals surface area contributed by atoms with Gasteiger partial charge >= 0.3 is 0 Å². The summed E-state index contributed by atoms with van der Waals surface area (Å²) in [6, 6.07) is 8.30. The number of piperidine rings is 1. The van der Waals surface area contributed by atoms with Crippen molar-refractivity contribution in [2.24, 2.45) is 0 Å². The molecule has 1 aliphatic heterocycles. The Morgan fingerprint density at radius 3 is 2.52 bits per heavy atom. The van der Waals surface area contributed by atoms with Gasteiger partial charge in [-0.05, 0) is 56.6 Å². The number of likely N-dealkylation sites (tertiary alicyclic amines) is 1. The van der Waals surface area contributed by atoms with Gasteiger partial charge in [-0.25, -0.2) is 0 Å². The Bertz CT molecular complexity index is 450. The van der Waals surface area contributed by atoms with Crippen LogP contribution >= 0.6 is 0 Å². The fourth-order valence-electron chi connectivity index (χ4n) is 2.77. The highest BCUT2D eigenvalue weighted by atomic mass is 16.5. The monoisotopic (exact) mass is 290 g/mol. The van der Waals surface area contributed by atoms with Crippen LogP contribution in [0.4, 0.5) is 0 Å². The van der Waals surface area contributed by atoms with Gasteiger partial charge in [0.05, 0.1) is 7.11 Å². The minimum Gasteiger partial charge on any atom is -0.497 e.